The van der Waals surface area contributed by atoms with Crippen molar-refractivity contribution in [2.75, 3.05) is 0 Å². The maximum absolute atomic E-state index is 11.1. The zero-order chi connectivity index (χ0) is 14.9. The van der Waals surface area contributed by atoms with Gasteiger partial charge >= 0.3 is 5.97 Å². The molecule has 0 fully saturated rings. The topological polar surface area (TPSA) is 55.8 Å². The molecule has 0 aliphatic heterocycles. The minimum Gasteiger partial charge on any atom is -0.491 e. The molecule has 0 saturated heterocycles. The van der Waals surface area contributed by atoms with Gasteiger partial charge in [0.05, 0.1) is 12.2 Å². The van der Waals surface area contributed by atoms with Crippen molar-refractivity contribution < 1.29 is 19.4 Å². The van der Waals surface area contributed by atoms with Crippen molar-refractivity contribution in [3.8, 4) is 11.5 Å². The van der Waals surface area contributed by atoms with Gasteiger partial charge in [-0.1, -0.05) is 0 Å². The van der Waals surface area contributed by atoms with E-state index in [1.165, 1.54) is 11.3 Å². The Balaban J connectivity index is 2.55. The van der Waals surface area contributed by atoms with Gasteiger partial charge in [-0.15, -0.1) is 11.3 Å². The average molecular weight is 294 g/mol. The van der Waals surface area contributed by atoms with Gasteiger partial charge in [0.15, 0.2) is 0 Å². The summed E-state index contributed by atoms with van der Waals surface area (Å²) in [5.74, 6) is 0.437. The van der Waals surface area contributed by atoms with E-state index in [9.17, 15) is 4.79 Å². The van der Waals surface area contributed by atoms with Gasteiger partial charge in [0.1, 0.15) is 16.4 Å². The number of aromatic carboxylic acids is 1. The zero-order valence-electron chi connectivity index (χ0n) is 12.0. The van der Waals surface area contributed by atoms with Crippen molar-refractivity contribution in [2.24, 2.45) is 0 Å². The lowest BCUT2D eigenvalue weighted by Gasteiger charge is -2.14. The summed E-state index contributed by atoms with van der Waals surface area (Å²) in [4.78, 5) is 11.4. The maximum atomic E-state index is 11.1. The number of benzene rings is 1. The number of hydrogen-bond donors (Lipinski definition) is 1. The highest BCUT2D eigenvalue weighted by molar-refractivity contribution is 7.20. The van der Waals surface area contributed by atoms with E-state index in [4.69, 9.17) is 14.6 Å². The minimum atomic E-state index is -0.923. The standard InChI is InChI=1S/C15H18O4S/c1-8(2)18-10-5-12(19-9(3)4)11-7-14(15(16)17)20-13(11)6-10/h5-9H,1-4H3,(H,16,17). The number of carboxylic acid groups (broad SMARTS) is 1. The first-order valence-corrected chi connectivity index (χ1v) is 7.32. The Morgan fingerprint density at radius 1 is 1.10 bits per heavy atom. The minimum absolute atomic E-state index is 0.0145. The lowest BCUT2D eigenvalue weighted by Crippen LogP contribution is -2.08. The lowest BCUT2D eigenvalue weighted by molar-refractivity contribution is 0.0702. The van der Waals surface area contributed by atoms with Crippen molar-refractivity contribution in [3.63, 3.8) is 0 Å². The van der Waals surface area contributed by atoms with Gasteiger partial charge in [0.2, 0.25) is 0 Å². The summed E-state index contributed by atoms with van der Waals surface area (Å²) >= 11 is 1.23. The van der Waals surface area contributed by atoms with Crippen molar-refractivity contribution in [1.82, 2.24) is 0 Å². The van der Waals surface area contributed by atoms with Crippen LogP contribution in [0.2, 0.25) is 0 Å². The molecule has 108 valence electrons. The molecule has 0 bridgehead atoms. The second-order valence-corrected chi connectivity index (χ2v) is 6.17. The predicted octanol–water partition coefficient (Wildman–Crippen LogP) is 4.17. The molecule has 2 aromatic rings. The number of hydrogen-bond acceptors (Lipinski definition) is 4. The Labute approximate surface area is 121 Å². The molecular formula is C15H18O4S. The van der Waals surface area contributed by atoms with Gasteiger partial charge in [0, 0.05) is 16.2 Å². The molecule has 0 saturated carbocycles. The van der Waals surface area contributed by atoms with Crippen LogP contribution in [0.25, 0.3) is 10.1 Å². The molecule has 0 aliphatic rings. The quantitative estimate of drug-likeness (QED) is 0.899. The number of rotatable bonds is 5. The third-order valence-corrected chi connectivity index (χ3v) is 3.59. The molecule has 1 N–H and O–H groups in total. The molecule has 0 atom stereocenters. The van der Waals surface area contributed by atoms with E-state index in [0.29, 0.717) is 16.4 Å². The Kier molecular flexibility index (Phi) is 4.18. The Bertz CT molecular complexity index is 628. The summed E-state index contributed by atoms with van der Waals surface area (Å²) in [6.07, 6.45) is 0.0685. The van der Waals surface area contributed by atoms with Crippen LogP contribution in [0.4, 0.5) is 0 Å². The molecule has 1 aromatic carbocycles. The maximum Gasteiger partial charge on any atom is 0.345 e. The second-order valence-electron chi connectivity index (χ2n) is 5.08. The summed E-state index contributed by atoms with van der Waals surface area (Å²) in [6.45, 7) is 7.77. The highest BCUT2D eigenvalue weighted by atomic mass is 32.1. The number of carbonyl (C=O) groups is 1. The molecule has 0 unspecified atom stereocenters. The Morgan fingerprint density at radius 2 is 1.75 bits per heavy atom. The second kappa shape index (κ2) is 5.71. The van der Waals surface area contributed by atoms with Crippen molar-refractivity contribution in [2.45, 2.75) is 39.9 Å². The summed E-state index contributed by atoms with van der Waals surface area (Å²) in [5, 5.41) is 9.93. The van der Waals surface area contributed by atoms with Gasteiger partial charge in [-0.3, -0.25) is 0 Å². The molecule has 1 heterocycles. The van der Waals surface area contributed by atoms with Crippen molar-refractivity contribution in [1.29, 1.82) is 0 Å². The van der Waals surface area contributed by atoms with Crippen LogP contribution < -0.4 is 9.47 Å². The van der Waals surface area contributed by atoms with Crippen LogP contribution >= 0.6 is 11.3 Å². The van der Waals surface area contributed by atoms with Crippen LogP contribution in [0, 0.1) is 0 Å². The van der Waals surface area contributed by atoms with E-state index in [1.807, 2.05) is 39.8 Å². The summed E-state index contributed by atoms with van der Waals surface area (Å²) in [7, 11) is 0. The fourth-order valence-electron chi connectivity index (χ4n) is 1.88. The van der Waals surface area contributed by atoms with E-state index in [0.717, 1.165) is 10.1 Å². The third kappa shape index (κ3) is 3.22. The number of carboxylic acids is 1. The summed E-state index contributed by atoms with van der Waals surface area (Å²) in [6, 6.07) is 5.33. The van der Waals surface area contributed by atoms with E-state index in [1.54, 1.807) is 6.07 Å². The fourth-order valence-corrected chi connectivity index (χ4v) is 2.83. The zero-order valence-corrected chi connectivity index (χ0v) is 12.8. The van der Waals surface area contributed by atoms with Crippen LogP contribution in [0.1, 0.15) is 37.4 Å². The van der Waals surface area contributed by atoms with Gasteiger partial charge in [-0.25, -0.2) is 4.79 Å². The van der Waals surface area contributed by atoms with E-state index in [-0.39, 0.29) is 12.2 Å². The van der Waals surface area contributed by atoms with Crippen LogP contribution in [0.3, 0.4) is 0 Å². The molecule has 0 aliphatic carbocycles. The number of thiophene rings is 1. The molecule has 4 nitrogen and oxygen atoms in total. The molecule has 5 heteroatoms. The van der Waals surface area contributed by atoms with Crippen molar-refractivity contribution in [3.05, 3.63) is 23.1 Å². The lowest BCUT2D eigenvalue weighted by atomic mass is 10.2. The molecule has 1 aromatic heterocycles. The smallest absolute Gasteiger partial charge is 0.345 e. The summed E-state index contributed by atoms with van der Waals surface area (Å²) < 4.78 is 12.3. The molecule has 0 amide bonds. The van der Waals surface area contributed by atoms with E-state index >= 15 is 0 Å². The molecular weight excluding hydrogens is 276 g/mol. The molecule has 2 rings (SSSR count). The first-order valence-electron chi connectivity index (χ1n) is 6.51. The first-order chi connectivity index (χ1) is 9.36. The third-order valence-electron chi connectivity index (χ3n) is 2.52. The van der Waals surface area contributed by atoms with Crippen LogP contribution in [-0.2, 0) is 0 Å². The molecule has 20 heavy (non-hydrogen) atoms. The SMILES string of the molecule is CC(C)Oc1cc(OC(C)C)c2cc(C(=O)O)sc2c1. The largest absolute Gasteiger partial charge is 0.491 e. The summed E-state index contributed by atoms with van der Waals surface area (Å²) in [5.41, 5.74) is 0. The van der Waals surface area contributed by atoms with Gasteiger partial charge in [0.25, 0.3) is 0 Å². The highest BCUT2D eigenvalue weighted by Gasteiger charge is 2.15. The van der Waals surface area contributed by atoms with Crippen LogP contribution in [0.15, 0.2) is 18.2 Å². The molecule has 0 radical (unpaired) electrons. The molecule has 0 spiro atoms. The van der Waals surface area contributed by atoms with Gasteiger partial charge in [-0.05, 0) is 39.8 Å². The Morgan fingerprint density at radius 3 is 2.30 bits per heavy atom. The van der Waals surface area contributed by atoms with Crippen LogP contribution in [-0.4, -0.2) is 23.3 Å². The highest BCUT2D eigenvalue weighted by Crippen LogP contribution is 2.37. The average Bonchev–Trinajstić information content (AvgIpc) is 2.71. The van der Waals surface area contributed by atoms with Gasteiger partial charge < -0.3 is 14.6 Å². The van der Waals surface area contributed by atoms with Gasteiger partial charge in [-0.2, -0.15) is 0 Å². The predicted molar refractivity (Wildman–Crippen MR) is 80.3 cm³/mol. The monoisotopic (exact) mass is 294 g/mol. The van der Waals surface area contributed by atoms with E-state index < -0.39 is 5.97 Å². The fraction of sp³-hybridized carbons (Fsp3) is 0.400. The number of ether oxygens (including phenoxy) is 2. The normalized spacial score (nSPS) is 11.3. The van der Waals surface area contributed by atoms with Crippen LogP contribution in [0.5, 0.6) is 11.5 Å². The first kappa shape index (κ1) is 14.7. The number of fused-ring (bicyclic) bond motifs is 1. The Hall–Kier alpha value is -1.75. The van der Waals surface area contributed by atoms with E-state index in [2.05, 4.69) is 0 Å². The van der Waals surface area contributed by atoms with Crippen molar-refractivity contribution >= 4 is 27.4 Å².